The number of aromatic nitrogens is 4. The van der Waals surface area contributed by atoms with Gasteiger partial charge >= 0.3 is 5.69 Å². The third kappa shape index (κ3) is 4.05. The molecule has 1 aliphatic heterocycles. The third-order valence-corrected chi connectivity index (χ3v) is 5.31. The second-order valence-electron chi connectivity index (χ2n) is 7.56. The van der Waals surface area contributed by atoms with Gasteiger partial charge in [-0.2, -0.15) is 4.98 Å². The van der Waals surface area contributed by atoms with Crippen molar-refractivity contribution in [2.45, 2.75) is 38.8 Å². The molecule has 3 heterocycles. The minimum atomic E-state index is -2.74. The van der Waals surface area contributed by atoms with Gasteiger partial charge in [-0.15, -0.1) is 0 Å². The fourth-order valence-corrected chi connectivity index (χ4v) is 3.86. The van der Waals surface area contributed by atoms with Crippen molar-refractivity contribution in [1.82, 2.24) is 19.1 Å². The maximum absolute atomic E-state index is 14.7. The number of benzene rings is 1. The van der Waals surface area contributed by atoms with Crippen LogP contribution in [0.15, 0.2) is 23.1 Å². The van der Waals surface area contributed by atoms with Crippen LogP contribution in [0, 0.1) is 12.7 Å². The van der Waals surface area contributed by atoms with Gasteiger partial charge in [0.15, 0.2) is 11.5 Å². The molecule has 2 aromatic heterocycles. The van der Waals surface area contributed by atoms with Crippen molar-refractivity contribution in [2.75, 3.05) is 18.5 Å². The Morgan fingerprint density at radius 1 is 1.34 bits per heavy atom. The number of ether oxygens (including phenoxy) is 1. The summed E-state index contributed by atoms with van der Waals surface area (Å²) in [4.78, 5) is 32.9. The number of nitrogens with two attached hydrogens (primary N) is 1. The summed E-state index contributed by atoms with van der Waals surface area (Å²) < 4.78 is 48.6. The number of hydrogen-bond donors (Lipinski definition) is 2. The molecule has 1 amide bonds. The summed E-state index contributed by atoms with van der Waals surface area (Å²) in [6, 6.07) is 2.49. The first kappa shape index (κ1) is 21.8. The predicted octanol–water partition coefficient (Wildman–Crippen LogP) is 2.50. The Labute approximate surface area is 180 Å². The van der Waals surface area contributed by atoms with Crippen molar-refractivity contribution in [3.63, 3.8) is 0 Å². The Balaban J connectivity index is 1.82. The van der Waals surface area contributed by atoms with Crippen LogP contribution in [0.2, 0.25) is 0 Å². The van der Waals surface area contributed by atoms with Gasteiger partial charge in [0.1, 0.15) is 5.52 Å². The number of halogens is 3. The van der Waals surface area contributed by atoms with Crippen LogP contribution in [0.25, 0.3) is 11.2 Å². The molecule has 0 spiro atoms. The van der Waals surface area contributed by atoms with E-state index < -0.39 is 30.4 Å². The van der Waals surface area contributed by atoms with E-state index in [1.807, 2.05) is 0 Å². The van der Waals surface area contributed by atoms with Crippen molar-refractivity contribution < 1.29 is 22.7 Å². The molecule has 0 unspecified atom stereocenters. The van der Waals surface area contributed by atoms with Gasteiger partial charge < -0.3 is 15.8 Å². The van der Waals surface area contributed by atoms with Gasteiger partial charge in [0, 0.05) is 19.3 Å². The molecule has 170 valence electrons. The summed E-state index contributed by atoms with van der Waals surface area (Å²) in [6.07, 6.45) is -0.454. The van der Waals surface area contributed by atoms with E-state index in [0.29, 0.717) is 31.6 Å². The summed E-state index contributed by atoms with van der Waals surface area (Å²) >= 11 is 0. The largest absolute Gasteiger partial charge is 0.381 e. The van der Waals surface area contributed by atoms with E-state index in [1.165, 1.54) is 22.9 Å². The number of fused-ring (bicyclic) bond motifs is 1. The topological polar surface area (TPSA) is 117 Å². The monoisotopic (exact) mass is 450 g/mol. The van der Waals surface area contributed by atoms with Crippen molar-refractivity contribution in [2.24, 2.45) is 5.73 Å². The Bertz CT molecular complexity index is 1230. The molecule has 0 atom stereocenters. The lowest BCUT2D eigenvalue weighted by Gasteiger charge is -2.22. The number of nitrogens with one attached hydrogen (secondary N) is 1. The Kier molecular flexibility index (Phi) is 5.87. The third-order valence-electron chi connectivity index (χ3n) is 5.31. The molecule has 0 bridgehead atoms. The number of rotatable bonds is 6. The van der Waals surface area contributed by atoms with E-state index in [0.717, 1.165) is 4.57 Å². The van der Waals surface area contributed by atoms with Crippen molar-refractivity contribution in [1.29, 1.82) is 0 Å². The zero-order valence-electron chi connectivity index (χ0n) is 17.1. The van der Waals surface area contributed by atoms with E-state index in [-0.39, 0.29) is 34.4 Å². The summed E-state index contributed by atoms with van der Waals surface area (Å²) in [7, 11) is 0. The lowest BCUT2D eigenvalue weighted by molar-refractivity contribution is 0.0690. The van der Waals surface area contributed by atoms with Crippen molar-refractivity contribution in [3.8, 4) is 0 Å². The fourth-order valence-electron chi connectivity index (χ4n) is 3.86. The average molecular weight is 450 g/mol. The van der Waals surface area contributed by atoms with Crippen LogP contribution in [-0.2, 0) is 11.3 Å². The van der Waals surface area contributed by atoms with Crippen LogP contribution in [-0.4, -0.2) is 44.6 Å². The molecule has 32 heavy (non-hydrogen) atoms. The lowest BCUT2D eigenvalue weighted by Crippen LogP contribution is -2.31. The maximum Gasteiger partial charge on any atom is 0.330 e. The van der Waals surface area contributed by atoms with Gasteiger partial charge in [0.05, 0.1) is 24.0 Å². The molecule has 0 radical (unpaired) electrons. The van der Waals surface area contributed by atoms with E-state index in [9.17, 15) is 22.8 Å². The first-order chi connectivity index (χ1) is 15.3. The zero-order valence-corrected chi connectivity index (χ0v) is 17.1. The number of nitrogens with zero attached hydrogens (tertiary/aromatic N) is 4. The molecule has 4 rings (SSSR count). The van der Waals surface area contributed by atoms with Crippen LogP contribution >= 0.6 is 0 Å². The second kappa shape index (κ2) is 8.61. The SMILES string of the molecule is Cc1cc(Nc2ncc3c(n2)n(C2CCOCC2)c(=O)n3CC(F)F)c(F)c(C(N)=O)c1. The molecule has 12 heteroatoms. The number of anilines is 2. The highest BCUT2D eigenvalue weighted by atomic mass is 19.3. The van der Waals surface area contributed by atoms with Crippen molar-refractivity contribution >= 4 is 28.7 Å². The summed E-state index contributed by atoms with van der Waals surface area (Å²) in [6.45, 7) is 1.73. The number of alkyl halides is 2. The zero-order chi connectivity index (χ0) is 23.0. The van der Waals surface area contributed by atoms with E-state index in [4.69, 9.17) is 10.5 Å². The molecular formula is C20H21F3N6O3. The molecule has 1 saturated heterocycles. The number of carbonyl (C=O) groups is 1. The predicted molar refractivity (Wildman–Crippen MR) is 110 cm³/mol. The molecule has 3 N–H and O–H groups in total. The second-order valence-corrected chi connectivity index (χ2v) is 7.56. The molecule has 0 aliphatic carbocycles. The maximum atomic E-state index is 14.7. The highest BCUT2D eigenvalue weighted by molar-refractivity contribution is 5.94. The molecule has 9 nitrogen and oxygen atoms in total. The highest BCUT2D eigenvalue weighted by Crippen LogP contribution is 2.27. The molecule has 3 aromatic rings. The smallest absolute Gasteiger partial charge is 0.330 e. The van der Waals surface area contributed by atoms with Crippen LogP contribution < -0.4 is 16.7 Å². The summed E-state index contributed by atoms with van der Waals surface area (Å²) in [5.41, 5.74) is 5.12. The van der Waals surface area contributed by atoms with E-state index >= 15 is 0 Å². The first-order valence-corrected chi connectivity index (χ1v) is 9.97. The van der Waals surface area contributed by atoms with E-state index in [1.54, 1.807) is 6.92 Å². The molecule has 0 saturated carbocycles. The van der Waals surface area contributed by atoms with Crippen LogP contribution in [0.1, 0.15) is 34.8 Å². The quantitative estimate of drug-likeness (QED) is 0.596. The van der Waals surface area contributed by atoms with Gasteiger partial charge in [0.2, 0.25) is 5.95 Å². The summed E-state index contributed by atoms with van der Waals surface area (Å²) in [5.74, 6) is -1.86. The highest BCUT2D eigenvalue weighted by Gasteiger charge is 2.25. The molecular weight excluding hydrogens is 429 g/mol. The van der Waals surface area contributed by atoms with Gasteiger partial charge in [-0.25, -0.2) is 22.9 Å². The standard InChI is InChI=1S/C20H21F3N6O3/c1-10-6-12(17(24)30)16(23)13(7-10)26-19-25-8-14-18(27-19)29(11-2-4-32-5-3-11)20(31)28(14)9-15(21)22/h6-8,11,15H,2-5,9H2,1H3,(H2,24,30)(H,25,26,27). The number of imidazole rings is 1. The van der Waals surface area contributed by atoms with Crippen LogP contribution in [0.4, 0.5) is 24.8 Å². The van der Waals surface area contributed by atoms with Crippen LogP contribution in [0.3, 0.4) is 0 Å². The lowest BCUT2D eigenvalue weighted by atomic mass is 10.1. The number of amides is 1. The van der Waals surface area contributed by atoms with Gasteiger partial charge in [-0.1, -0.05) is 0 Å². The number of hydrogen-bond acceptors (Lipinski definition) is 6. The minimum absolute atomic E-state index is 0.0626. The Morgan fingerprint density at radius 3 is 2.72 bits per heavy atom. The van der Waals surface area contributed by atoms with Gasteiger partial charge in [-0.3, -0.25) is 13.9 Å². The number of carbonyl (C=O) groups excluding carboxylic acids is 1. The summed E-state index contributed by atoms with van der Waals surface area (Å²) in [5, 5.41) is 2.70. The normalized spacial score (nSPS) is 14.9. The molecule has 1 fully saturated rings. The van der Waals surface area contributed by atoms with Crippen molar-refractivity contribution in [3.05, 3.63) is 45.8 Å². The average Bonchev–Trinajstić information content (AvgIpc) is 3.01. The van der Waals surface area contributed by atoms with Gasteiger partial charge in [0.25, 0.3) is 12.3 Å². The minimum Gasteiger partial charge on any atom is -0.381 e. The molecule has 1 aromatic carbocycles. The van der Waals surface area contributed by atoms with E-state index in [2.05, 4.69) is 15.3 Å². The number of primary amides is 1. The number of aryl methyl sites for hydroxylation is 1. The Morgan fingerprint density at radius 2 is 2.06 bits per heavy atom. The molecule has 1 aliphatic rings. The fraction of sp³-hybridized carbons (Fsp3) is 0.400. The van der Waals surface area contributed by atoms with Crippen LogP contribution in [0.5, 0.6) is 0 Å². The Hall–Kier alpha value is -3.41. The first-order valence-electron chi connectivity index (χ1n) is 9.97. The van der Waals surface area contributed by atoms with Gasteiger partial charge in [-0.05, 0) is 37.5 Å².